The Morgan fingerprint density at radius 1 is 1.62 bits per heavy atom. The molecule has 1 aliphatic carbocycles. The summed E-state index contributed by atoms with van der Waals surface area (Å²) in [5, 5.41) is 0. The van der Waals surface area contributed by atoms with Crippen molar-refractivity contribution in [3.05, 3.63) is 23.7 Å². The fourth-order valence-electron chi connectivity index (χ4n) is 1.97. The minimum atomic E-state index is 0.0235. The molecule has 0 radical (unpaired) electrons. The van der Waals surface area contributed by atoms with Gasteiger partial charge in [-0.25, -0.2) is 0 Å². The van der Waals surface area contributed by atoms with Crippen molar-refractivity contribution in [1.82, 2.24) is 4.90 Å². The first kappa shape index (κ1) is 11.2. The van der Waals surface area contributed by atoms with Gasteiger partial charge in [0.05, 0.1) is 12.1 Å². The van der Waals surface area contributed by atoms with Crippen molar-refractivity contribution < 1.29 is 9.21 Å². The quantitative estimate of drug-likeness (QED) is 0.842. The molecule has 1 amide bonds. The van der Waals surface area contributed by atoms with E-state index in [1.807, 2.05) is 7.05 Å². The van der Waals surface area contributed by atoms with Crippen LogP contribution in [-0.4, -0.2) is 24.4 Å². The van der Waals surface area contributed by atoms with Crippen LogP contribution in [0.4, 0.5) is 0 Å². The Bertz CT molecular complexity index is 369. The first-order valence-corrected chi connectivity index (χ1v) is 5.73. The van der Waals surface area contributed by atoms with Gasteiger partial charge in [-0.05, 0) is 24.8 Å². The minimum Gasteiger partial charge on any atom is -0.467 e. The van der Waals surface area contributed by atoms with Crippen LogP contribution in [0.25, 0.3) is 0 Å². The summed E-state index contributed by atoms with van der Waals surface area (Å²) in [5.41, 5.74) is 6.03. The summed E-state index contributed by atoms with van der Waals surface area (Å²) in [7, 11) is 1.84. The molecule has 0 aliphatic heterocycles. The van der Waals surface area contributed by atoms with Gasteiger partial charge in [0, 0.05) is 13.6 Å². The van der Waals surface area contributed by atoms with Gasteiger partial charge in [-0.2, -0.15) is 0 Å². The van der Waals surface area contributed by atoms with Crippen molar-refractivity contribution in [2.45, 2.75) is 25.8 Å². The fraction of sp³-hybridized carbons (Fsp3) is 0.583. The topological polar surface area (TPSA) is 59.5 Å². The molecule has 0 spiro atoms. The average Bonchev–Trinajstić information content (AvgIpc) is 2.70. The summed E-state index contributed by atoms with van der Waals surface area (Å²) < 4.78 is 5.16. The molecule has 0 atom stereocenters. The second-order valence-corrected chi connectivity index (χ2v) is 4.49. The molecule has 1 aliphatic rings. The Morgan fingerprint density at radius 3 is 2.88 bits per heavy atom. The zero-order valence-corrected chi connectivity index (χ0v) is 9.61. The Hall–Kier alpha value is -1.29. The average molecular weight is 222 g/mol. The first-order valence-electron chi connectivity index (χ1n) is 5.73. The highest BCUT2D eigenvalue weighted by Gasteiger charge is 2.22. The maximum atomic E-state index is 12.0. The molecular formula is C12H18N2O2. The van der Waals surface area contributed by atoms with E-state index >= 15 is 0 Å². The lowest BCUT2D eigenvalue weighted by molar-refractivity contribution is 0.0744. The van der Waals surface area contributed by atoms with Gasteiger partial charge in [0.2, 0.25) is 0 Å². The monoisotopic (exact) mass is 222 g/mol. The summed E-state index contributed by atoms with van der Waals surface area (Å²) in [5.74, 6) is 1.37. The Kier molecular flexibility index (Phi) is 3.29. The van der Waals surface area contributed by atoms with Gasteiger partial charge in [0.15, 0.2) is 0 Å². The third-order valence-corrected chi connectivity index (χ3v) is 3.21. The summed E-state index contributed by atoms with van der Waals surface area (Å²) in [4.78, 5) is 13.7. The number of rotatable bonds is 4. The van der Waals surface area contributed by atoms with Gasteiger partial charge >= 0.3 is 0 Å². The molecule has 4 nitrogen and oxygen atoms in total. The van der Waals surface area contributed by atoms with Crippen LogP contribution in [0, 0.1) is 5.92 Å². The lowest BCUT2D eigenvalue weighted by Gasteiger charge is -2.29. The van der Waals surface area contributed by atoms with E-state index in [9.17, 15) is 4.79 Å². The highest BCUT2D eigenvalue weighted by molar-refractivity contribution is 5.93. The van der Waals surface area contributed by atoms with Crippen LogP contribution >= 0.6 is 0 Å². The van der Waals surface area contributed by atoms with E-state index in [0.717, 1.165) is 6.54 Å². The fourth-order valence-corrected chi connectivity index (χ4v) is 1.97. The standard InChI is InChI=1S/C12H18N2O2/c1-14(7-9-3-2-4-9)12(15)10-5-11(6-13)16-8-10/h5,8-9H,2-4,6-7,13H2,1H3. The summed E-state index contributed by atoms with van der Waals surface area (Å²) in [6.45, 7) is 1.18. The molecule has 88 valence electrons. The van der Waals surface area contributed by atoms with Crippen molar-refractivity contribution in [3.8, 4) is 0 Å². The van der Waals surface area contributed by atoms with Crippen LogP contribution in [0.3, 0.4) is 0 Å². The van der Waals surface area contributed by atoms with Gasteiger partial charge in [0.1, 0.15) is 12.0 Å². The lowest BCUT2D eigenvalue weighted by atomic mass is 9.85. The smallest absolute Gasteiger partial charge is 0.256 e. The highest BCUT2D eigenvalue weighted by Crippen LogP contribution is 2.27. The number of carbonyl (C=O) groups excluding carboxylic acids is 1. The molecule has 0 saturated heterocycles. The molecule has 2 rings (SSSR count). The van der Waals surface area contributed by atoms with Crippen LogP contribution in [0.1, 0.15) is 35.4 Å². The van der Waals surface area contributed by atoms with Gasteiger partial charge in [-0.3, -0.25) is 4.79 Å². The molecule has 1 fully saturated rings. The second-order valence-electron chi connectivity index (χ2n) is 4.49. The van der Waals surface area contributed by atoms with E-state index in [1.165, 1.54) is 25.5 Å². The van der Waals surface area contributed by atoms with Crippen LogP contribution < -0.4 is 5.73 Å². The zero-order chi connectivity index (χ0) is 11.5. The largest absolute Gasteiger partial charge is 0.467 e. The number of hydrogen-bond donors (Lipinski definition) is 1. The minimum absolute atomic E-state index is 0.0235. The van der Waals surface area contributed by atoms with Gasteiger partial charge in [-0.1, -0.05) is 6.42 Å². The van der Waals surface area contributed by atoms with Crippen molar-refractivity contribution in [3.63, 3.8) is 0 Å². The zero-order valence-electron chi connectivity index (χ0n) is 9.61. The van der Waals surface area contributed by atoms with E-state index in [4.69, 9.17) is 10.2 Å². The normalized spacial score (nSPS) is 15.9. The van der Waals surface area contributed by atoms with Crippen LogP contribution in [0.15, 0.2) is 16.7 Å². The highest BCUT2D eigenvalue weighted by atomic mass is 16.3. The van der Waals surface area contributed by atoms with Crippen molar-refractivity contribution >= 4 is 5.91 Å². The van der Waals surface area contributed by atoms with Crippen molar-refractivity contribution in [1.29, 1.82) is 0 Å². The molecule has 1 saturated carbocycles. The Morgan fingerprint density at radius 2 is 2.38 bits per heavy atom. The molecule has 0 unspecified atom stereocenters. The van der Waals surface area contributed by atoms with E-state index in [0.29, 0.717) is 23.8 Å². The molecule has 0 bridgehead atoms. The summed E-state index contributed by atoms with van der Waals surface area (Å²) in [6, 6.07) is 1.72. The predicted molar refractivity (Wildman–Crippen MR) is 60.9 cm³/mol. The van der Waals surface area contributed by atoms with Crippen molar-refractivity contribution in [2.24, 2.45) is 11.7 Å². The Labute approximate surface area is 95.4 Å². The molecule has 1 heterocycles. The molecular weight excluding hydrogens is 204 g/mol. The van der Waals surface area contributed by atoms with E-state index in [-0.39, 0.29) is 5.91 Å². The summed E-state index contributed by atoms with van der Waals surface area (Å²) in [6.07, 6.45) is 5.28. The van der Waals surface area contributed by atoms with Gasteiger partial charge in [0.25, 0.3) is 5.91 Å². The molecule has 16 heavy (non-hydrogen) atoms. The van der Waals surface area contributed by atoms with E-state index in [2.05, 4.69) is 0 Å². The Balaban J connectivity index is 1.94. The molecule has 1 aromatic heterocycles. The molecule has 0 aromatic carbocycles. The maximum absolute atomic E-state index is 12.0. The van der Waals surface area contributed by atoms with Crippen LogP contribution in [0.2, 0.25) is 0 Å². The number of furan rings is 1. The second kappa shape index (κ2) is 4.70. The first-order chi connectivity index (χ1) is 7.70. The number of nitrogens with zero attached hydrogens (tertiary/aromatic N) is 1. The number of hydrogen-bond acceptors (Lipinski definition) is 3. The van der Waals surface area contributed by atoms with Crippen LogP contribution in [-0.2, 0) is 6.54 Å². The van der Waals surface area contributed by atoms with Crippen molar-refractivity contribution in [2.75, 3.05) is 13.6 Å². The lowest BCUT2D eigenvalue weighted by Crippen LogP contribution is -2.34. The molecule has 2 N–H and O–H groups in total. The van der Waals surface area contributed by atoms with Gasteiger partial charge < -0.3 is 15.1 Å². The molecule has 1 aromatic rings. The van der Waals surface area contributed by atoms with E-state index in [1.54, 1.807) is 11.0 Å². The molecule has 4 heteroatoms. The predicted octanol–water partition coefficient (Wildman–Crippen LogP) is 1.61. The third-order valence-electron chi connectivity index (χ3n) is 3.21. The SMILES string of the molecule is CN(CC1CCC1)C(=O)c1coc(CN)c1. The van der Waals surface area contributed by atoms with Gasteiger partial charge in [-0.15, -0.1) is 0 Å². The third kappa shape index (κ3) is 2.27. The summed E-state index contributed by atoms with van der Waals surface area (Å²) >= 11 is 0. The number of carbonyl (C=O) groups is 1. The number of amides is 1. The maximum Gasteiger partial charge on any atom is 0.256 e. The van der Waals surface area contributed by atoms with Crippen LogP contribution in [0.5, 0.6) is 0 Å². The number of nitrogens with two attached hydrogens (primary N) is 1. The van der Waals surface area contributed by atoms with E-state index < -0.39 is 0 Å².